The van der Waals surface area contributed by atoms with Gasteiger partial charge in [-0.3, -0.25) is 9.88 Å². The monoisotopic (exact) mass is 529 g/mol. The molecule has 4 fully saturated rings. The maximum Gasteiger partial charge on any atom is 0.416 e. The van der Waals surface area contributed by atoms with E-state index >= 15 is 0 Å². The number of benzene rings is 1. The number of nitrogens with one attached hydrogen (secondary N) is 1. The quantitative estimate of drug-likeness (QED) is 0.627. The van der Waals surface area contributed by atoms with Gasteiger partial charge in [-0.15, -0.1) is 0 Å². The van der Waals surface area contributed by atoms with Gasteiger partial charge < -0.3 is 20.2 Å². The van der Waals surface area contributed by atoms with E-state index in [1.54, 1.807) is 12.3 Å². The highest BCUT2D eigenvalue weighted by atomic mass is 19.4. The van der Waals surface area contributed by atoms with E-state index in [4.69, 9.17) is 0 Å². The third-order valence-electron chi connectivity index (χ3n) is 9.02. The van der Waals surface area contributed by atoms with Gasteiger partial charge in [0.1, 0.15) is 5.60 Å². The van der Waals surface area contributed by atoms with Crippen LogP contribution in [0.3, 0.4) is 0 Å². The van der Waals surface area contributed by atoms with E-state index in [9.17, 15) is 23.1 Å². The normalized spacial score (nSPS) is 30.3. The summed E-state index contributed by atoms with van der Waals surface area (Å²) >= 11 is 0. The Balaban J connectivity index is 1.00. The second kappa shape index (κ2) is 9.72. The molecule has 38 heavy (non-hydrogen) atoms. The zero-order valence-corrected chi connectivity index (χ0v) is 21.3. The number of likely N-dealkylation sites (tertiary alicyclic amines) is 2. The Labute approximate surface area is 220 Å². The van der Waals surface area contributed by atoms with Gasteiger partial charge in [0.15, 0.2) is 0 Å². The maximum atomic E-state index is 13.1. The lowest BCUT2D eigenvalue weighted by Crippen LogP contribution is -2.62. The number of nitrogens with zero attached hydrogens (tertiary/aromatic N) is 4. The standard InChI is InChI=1S/C28H34F3N5O2/c29-28(30,31)19-4-3-5-22(16-19)34-17-20(18-34)33-26(37)36-15-10-23-24(36)9-14-35(23)21-7-11-27(38,12-8-21)25-6-1-2-13-32-25/h1-6,13,16,20-21,23-24,38H,7-12,14-15,17-18H2,(H,33,37)/t21?,23-,24-,27?/m0/s1. The van der Waals surface area contributed by atoms with Crippen LogP contribution >= 0.6 is 0 Å². The number of carbonyl (C=O) groups is 1. The summed E-state index contributed by atoms with van der Waals surface area (Å²) in [6.45, 7) is 2.68. The molecule has 2 amide bonds. The summed E-state index contributed by atoms with van der Waals surface area (Å²) in [5.41, 5.74) is -0.233. The highest BCUT2D eigenvalue weighted by Crippen LogP contribution is 2.42. The third kappa shape index (κ3) is 4.73. The molecular formula is C28H34F3N5O2. The van der Waals surface area contributed by atoms with Crippen LogP contribution in [-0.2, 0) is 11.8 Å². The number of fused-ring (bicyclic) bond motifs is 1. The van der Waals surface area contributed by atoms with E-state index in [1.807, 2.05) is 28.0 Å². The highest BCUT2D eigenvalue weighted by Gasteiger charge is 2.48. The number of alkyl halides is 3. The minimum atomic E-state index is -4.37. The number of amides is 2. The van der Waals surface area contributed by atoms with Gasteiger partial charge in [0.05, 0.1) is 23.3 Å². The smallest absolute Gasteiger partial charge is 0.384 e. The predicted octanol–water partition coefficient (Wildman–Crippen LogP) is 3.98. The number of halogens is 3. The van der Waals surface area contributed by atoms with Crippen LogP contribution in [0.2, 0.25) is 0 Å². The number of hydrogen-bond donors (Lipinski definition) is 2. The molecule has 7 nitrogen and oxygen atoms in total. The minimum Gasteiger partial charge on any atom is -0.384 e. The van der Waals surface area contributed by atoms with Crippen molar-refractivity contribution in [2.24, 2.45) is 0 Å². The van der Waals surface area contributed by atoms with Crippen LogP contribution in [0, 0.1) is 0 Å². The van der Waals surface area contributed by atoms with Crippen molar-refractivity contribution in [3.8, 4) is 0 Å². The van der Waals surface area contributed by atoms with Crippen molar-refractivity contribution in [1.82, 2.24) is 20.1 Å². The van der Waals surface area contributed by atoms with Crippen molar-refractivity contribution in [1.29, 1.82) is 0 Å². The number of rotatable bonds is 4. The van der Waals surface area contributed by atoms with Gasteiger partial charge in [0.2, 0.25) is 0 Å². The molecule has 1 aliphatic carbocycles. The van der Waals surface area contributed by atoms with E-state index in [0.717, 1.165) is 44.0 Å². The van der Waals surface area contributed by atoms with Gasteiger partial charge in [-0.25, -0.2) is 4.79 Å². The first-order valence-electron chi connectivity index (χ1n) is 13.6. The lowest BCUT2D eigenvalue weighted by Gasteiger charge is -2.42. The fraction of sp³-hybridized carbons (Fsp3) is 0.571. The molecule has 1 aromatic heterocycles. The predicted molar refractivity (Wildman–Crippen MR) is 137 cm³/mol. The maximum absolute atomic E-state index is 13.1. The molecule has 2 N–H and O–H groups in total. The molecule has 2 atom stereocenters. The van der Waals surface area contributed by atoms with Crippen LogP contribution in [0.25, 0.3) is 0 Å². The number of hydrogen-bond acceptors (Lipinski definition) is 5. The van der Waals surface area contributed by atoms with Gasteiger partial charge in [-0.2, -0.15) is 13.2 Å². The Morgan fingerprint density at radius 2 is 1.76 bits per heavy atom. The molecule has 4 aliphatic rings. The summed E-state index contributed by atoms with van der Waals surface area (Å²) in [5, 5.41) is 14.3. The Bertz CT molecular complexity index is 1150. The topological polar surface area (TPSA) is 71.9 Å². The number of pyridine rings is 1. The molecule has 3 saturated heterocycles. The molecule has 204 valence electrons. The van der Waals surface area contributed by atoms with Crippen molar-refractivity contribution in [2.75, 3.05) is 31.1 Å². The van der Waals surface area contributed by atoms with Crippen molar-refractivity contribution in [3.05, 3.63) is 59.9 Å². The fourth-order valence-corrected chi connectivity index (χ4v) is 6.95. The SMILES string of the molecule is O=C(NC1CN(c2cccc(C(F)(F)F)c2)C1)N1CC[C@H]2[C@@H]1CCN2C1CCC(O)(c2ccccn2)CC1. The number of anilines is 1. The Hall–Kier alpha value is -2.85. The van der Waals surface area contributed by atoms with E-state index in [1.165, 1.54) is 12.1 Å². The second-order valence-corrected chi connectivity index (χ2v) is 11.2. The van der Waals surface area contributed by atoms with E-state index < -0.39 is 17.3 Å². The summed E-state index contributed by atoms with van der Waals surface area (Å²) in [5.74, 6) is 0. The number of carbonyl (C=O) groups excluding carboxylic acids is 1. The molecule has 0 radical (unpaired) electrons. The van der Waals surface area contributed by atoms with Gasteiger partial charge >= 0.3 is 12.2 Å². The largest absolute Gasteiger partial charge is 0.416 e. The Kier molecular flexibility index (Phi) is 6.50. The van der Waals surface area contributed by atoms with Crippen LogP contribution in [0.15, 0.2) is 48.7 Å². The van der Waals surface area contributed by atoms with Gasteiger partial charge in [-0.1, -0.05) is 12.1 Å². The zero-order chi connectivity index (χ0) is 26.5. The first-order valence-corrected chi connectivity index (χ1v) is 13.6. The van der Waals surface area contributed by atoms with Gasteiger partial charge in [0, 0.05) is 50.1 Å². The zero-order valence-electron chi connectivity index (χ0n) is 21.3. The number of aliphatic hydroxyl groups is 1. The molecule has 0 unspecified atom stereocenters. The molecule has 1 saturated carbocycles. The highest BCUT2D eigenvalue weighted by molar-refractivity contribution is 5.76. The average molecular weight is 530 g/mol. The van der Waals surface area contributed by atoms with Crippen LogP contribution < -0.4 is 10.2 Å². The summed E-state index contributed by atoms with van der Waals surface area (Å²) in [4.78, 5) is 23.9. The molecule has 3 aliphatic heterocycles. The summed E-state index contributed by atoms with van der Waals surface area (Å²) in [6, 6.07) is 11.8. The molecule has 0 bridgehead atoms. The summed E-state index contributed by atoms with van der Waals surface area (Å²) in [6.07, 6.45) is 2.46. The summed E-state index contributed by atoms with van der Waals surface area (Å²) < 4.78 is 39.1. The van der Waals surface area contributed by atoms with Gasteiger partial charge in [0.25, 0.3) is 0 Å². The average Bonchev–Trinajstić information content (AvgIpc) is 3.49. The number of urea groups is 1. The van der Waals surface area contributed by atoms with Crippen molar-refractivity contribution in [2.45, 2.75) is 74.5 Å². The molecule has 10 heteroatoms. The first-order chi connectivity index (χ1) is 18.2. The lowest BCUT2D eigenvalue weighted by atomic mass is 9.79. The molecule has 1 aromatic carbocycles. The van der Waals surface area contributed by atoms with Crippen molar-refractivity contribution < 1.29 is 23.1 Å². The van der Waals surface area contributed by atoms with Crippen LogP contribution in [0.5, 0.6) is 0 Å². The molecular weight excluding hydrogens is 495 g/mol. The molecule has 2 aromatic rings. The Morgan fingerprint density at radius 3 is 2.47 bits per heavy atom. The molecule has 6 rings (SSSR count). The van der Waals surface area contributed by atoms with Crippen molar-refractivity contribution >= 4 is 11.7 Å². The molecule has 4 heterocycles. The van der Waals surface area contributed by atoms with Crippen LogP contribution in [-0.4, -0.2) is 76.3 Å². The van der Waals surface area contributed by atoms with Crippen molar-refractivity contribution in [3.63, 3.8) is 0 Å². The third-order valence-corrected chi connectivity index (χ3v) is 9.02. The fourth-order valence-electron chi connectivity index (χ4n) is 6.95. The van der Waals surface area contributed by atoms with Gasteiger partial charge in [-0.05, 0) is 68.9 Å². The van der Waals surface area contributed by atoms with Crippen LogP contribution in [0.4, 0.5) is 23.7 Å². The number of aromatic nitrogens is 1. The van der Waals surface area contributed by atoms with E-state index in [2.05, 4.69) is 15.2 Å². The minimum absolute atomic E-state index is 0.0683. The van der Waals surface area contributed by atoms with Crippen LogP contribution in [0.1, 0.15) is 49.8 Å². The summed E-state index contributed by atoms with van der Waals surface area (Å²) in [7, 11) is 0. The Morgan fingerprint density at radius 1 is 1.00 bits per heavy atom. The lowest BCUT2D eigenvalue weighted by molar-refractivity contribution is -0.137. The molecule has 0 spiro atoms. The van der Waals surface area contributed by atoms with E-state index in [-0.39, 0.29) is 18.1 Å². The second-order valence-electron chi connectivity index (χ2n) is 11.2. The first kappa shape index (κ1) is 25.4. The van der Waals surface area contributed by atoms with E-state index in [0.29, 0.717) is 50.2 Å².